The summed E-state index contributed by atoms with van der Waals surface area (Å²) < 4.78 is 0.487. The van der Waals surface area contributed by atoms with Crippen molar-refractivity contribution in [2.75, 3.05) is 0 Å². The number of nitro groups is 1. The molecular weight excluding hydrogens is 350 g/mol. The van der Waals surface area contributed by atoms with Crippen molar-refractivity contribution in [2.45, 2.75) is 10.1 Å². The molecule has 0 aromatic carbocycles. The highest BCUT2D eigenvalue weighted by molar-refractivity contribution is 9.10. The molecule has 0 radical (unpaired) electrons. The van der Waals surface area contributed by atoms with E-state index in [2.05, 4.69) is 25.9 Å². The van der Waals surface area contributed by atoms with Crippen molar-refractivity contribution >= 4 is 39.3 Å². The molecule has 7 nitrogen and oxygen atoms in total. The number of nitrogens with zero attached hydrogens (tertiary/aromatic N) is 3. The summed E-state index contributed by atoms with van der Waals surface area (Å²) in [5.41, 5.74) is -0.117. The monoisotopic (exact) mass is 355 g/mol. The number of carboxylic acids is 1. The van der Waals surface area contributed by atoms with E-state index in [9.17, 15) is 14.9 Å². The molecule has 2 aromatic heterocycles. The zero-order valence-corrected chi connectivity index (χ0v) is 12.1. The minimum absolute atomic E-state index is 0.0577. The van der Waals surface area contributed by atoms with E-state index in [-0.39, 0.29) is 16.3 Å². The first-order valence-electron chi connectivity index (χ1n) is 5.14. The lowest BCUT2D eigenvalue weighted by Gasteiger charge is -2.02. The average molecular weight is 356 g/mol. The van der Waals surface area contributed by atoms with Crippen LogP contribution in [0.3, 0.4) is 0 Å². The average Bonchev–Trinajstić information content (AvgIpc) is 2.41. The van der Waals surface area contributed by atoms with E-state index in [4.69, 9.17) is 5.11 Å². The fourth-order valence-electron chi connectivity index (χ4n) is 1.32. The Kier molecular flexibility index (Phi) is 4.30. The zero-order chi connectivity index (χ0) is 14.7. The first-order valence-corrected chi connectivity index (χ1v) is 6.75. The zero-order valence-electron chi connectivity index (χ0n) is 9.69. The number of halogens is 1. The number of rotatable bonds is 4. The molecule has 0 aliphatic heterocycles. The second-order valence-electron chi connectivity index (χ2n) is 3.52. The van der Waals surface area contributed by atoms with Crippen molar-refractivity contribution in [3.63, 3.8) is 0 Å². The van der Waals surface area contributed by atoms with Crippen molar-refractivity contribution in [3.8, 4) is 0 Å². The van der Waals surface area contributed by atoms with Gasteiger partial charge in [0.15, 0.2) is 5.03 Å². The van der Waals surface area contributed by atoms with E-state index in [1.165, 1.54) is 30.6 Å². The predicted octanol–water partition coefficient (Wildman–Crippen LogP) is 3.00. The van der Waals surface area contributed by atoms with E-state index in [0.29, 0.717) is 9.50 Å². The molecule has 0 aliphatic carbocycles. The molecule has 2 aromatic rings. The van der Waals surface area contributed by atoms with E-state index in [1.54, 1.807) is 0 Å². The number of carbonyl (C=O) groups is 1. The van der Waals surface area contributed by atoms with Gasteiger partial charge in [0.2, 0.25) is 0 Å². The molecule has 0 atom stereocenters. The molecule has 0 amide bonds. The van der Waals surface area contributed by atoms with Gasteiger partial charge in [-0.05, 0) is 39.8 Å². The van der Waals surface area contributed by atoms with Gasteiger partial charge in [-0.25, -0.2) is 14.8 Å². The highest BCUT2D eigenvalue weighted by Crippen LogP contribution is 2.33. The minimum Gasteiger partial charge on any atom is -0.478 e. The molecule has 20 heavy (non-hydrogen) atoms. The standard InChI is InChI=1S/C11H6BrN3O4S/c12-7-4-8(15(18)19)10(14-5-7)20-9-3-6(11(16)17)1-2-13-9/h1-5H,(H,16,17). The van der Waals surface area contributed by atoms with Crippen LogP contribution in [0, 0.1) is 10.1 Å². The SMILES string of the molecule is O=C(O)c1ccnc(Sc2ncc(Br)cc2[N+](=O)[O-])c1. The van der Waals surface area contributed by atoms with Crippen LogP contribution in [-0.2, 0) is 0 Å². The third kappa shape index (κ3) is 3.31. The molecular formula is C11H6BrN3O4S. The number of hydrogen-bond donors (Lipinski definition) is 1. The van der Waals surface area contributed by atoms with Crippen molar-refractivity contribution in [1.82, 2.24) is 9.97 Å². The summed E-state index contributed by atoms with van der Waals surface area (Å²) in [5.74, 6) is -1.09. The molecule has 0 aliphatic rings. The topological polar surface area (TPSA) is 106 Å². The van der Waals surface area contributed by atoms with Crippen LogP contribution in [0.15, 0.2) is 45.1 Å². The molecule has 0 saturated carbocycles. The molecule has 102 valence electrons. The van der Waals surface area contributed by atoms with E-state index in [1.807, 2.05) is 0 Å². The van der Waals surface area contributed by atoms with Gasteiger partial charge in [-0.2, -0.15) is 0 Å². The first-order chi connectivity index (χ1) is 9.47. The molecule has 0 fully saturated rings. The van der Waals surface area contributed by atoms with Crippen LogP contribution in [0.5, 0.6) is 0 Å². The Morgan fingerprint density at radius 3 is 2.80 bits per heavy atom. The van der Waals surface area contributed by atoms with Crippen molar-refractivity contribution in [2.24, 2.45) is 0 Å². The summed E-state index contributed by atoms with van der Waals surface area (Å²) in [6, 6.07) is 4.01. The molecule has 0 unspecified atom stereocenters. The quantitative estimate of drug-likeness (QED) is 0.663. The summed E-state index contributed by atoms with van der Waals surface area (Å²) >= 11 is 4.05. The van der Waals surface area contributed by atoms with Crippen LogP contribution in [-0.4, -0.2) is 26.0 Å². The Bertz CT molecular complexity index is 695. The predicted molar refractivity (Wildman–Crippen MR) is 73.9 cm³/mol. The van der Waals surface area contributed by atoms with Crippen LogP contribution in [0.25, 0.3) is 0 Å². The van der Waals surface area contributed by atoms with Gasteiger partial charge in [0.25, 0.3) is 0 Å². The summed E-state index contributed by atoms with van der Waals surface area (Å²) in [6.45, 7) is 0. The Hall–Kier alpha value is -2.00. The van der Waals surface area contributed by atoms with Crippen LogP contribution in [0.2, 0.25) is 0 Å². The number of aromatic nitrogens is 2. The minimum atomic E-state index is -1.09. The van der Waals surface area contributed by atoms with Gasteiger partial charge in [0.1, 0.15) is 5.03 Å². The first kappa shape index (κ1) is 14.4. The lowest BCUT2D eigenvalue weighted by molar-refractivity contribution is -0.388. The Labute approximate surface area is 125 Å². The maximum atomic E-state index is 11.0. The summed E-state index contributed by atoms with van der Waals surface area (Å²) in [5, 5.41) is 20.3. The summed E-state index contributed by atoms with van der Waals surface area (Å²) in [7, 11) is 0. The third-order valence-corrected chi connectivity index (χ3v) is 3.55. The van der Waals surface area contributed by atoms with Gasteiger partial charge >= 0.3 is 11.7 Å². The van der Waals surface area contributed by atoms with Gasteiger partial charge < -0.3 is 5.11 Å². The van der Waals surface area contributed by atoms with Gasteiger partial charge in [-0.15, -0.1) is 0 Å². The largest absolute Gasteiger partial charge is 0.478 e. The third-order valence-electron chi connectivity index (χ3n) is 2.18. The Morgan fingerprint density at radius 1 is 1.40 bits per heavy atom. The molecule has 0 saturated heterocycles. The van der Waals surface area contributed by atoms with E-state index in [0.717, 1.165) is 11.8 Å². The maximum absolute atomic E-state index is 11.0. The fraction of sp³-hybridized carbons (Fsp3) is 0. The van der Waals surface area contributed by atoms with Crippen molar-refractivity contribution in [1.29, 1.82) is 0 Å². The Balaban J connectivity index is 2.37. The number of carboxylic acid groups (broad SMARTS) is 1. The summed E-state index contributed by atoms with van der Waals surface area (Å²) in [4.78, 5) is 29.2. The van der Waals surface area contributed by atoms with Gasteiger partial charge in [-0.3, -0.25) is 10.1 Å². The van der Waals surface area contributed by atoms with Crippen molar-refractivity contribution in [3.05, 3.63) is 50.7 Å². The van der Waals surface area contributed by atoms with Crippen LogP contribution in [0.4, 0.5) is 5.69 Å². The smallest absolute Gasteiger partial charge is 0.335 e. The van der Waals surface area contributed by atoms with Crippen LogP contribution in [0.1, 0.15) is 10.4 Å². The second-order valence-corrected chi connectivity index (χ2v) is 5.45. The molecule has 0 bridgehead atoms. The number of aromatic carboxylic acids is 1. The Morgan fingerprint density at radius 2 is 2.15 bits per heavy atom. The number of hydrogen-bond acceptors (Lipinski definition) is 6. The lowest BCUT2D eigenvalue weighted by Crippen LogP contribution is -1.97. The highest BCUT2D eigenvalue weighted by atomic mass is 79.9. The fourth-order valence-corrected chi connectivity index (χ4v) is 2.48. The van der Waals surface area contributed by atoms with Crippen LogP contribution < -0.4 is 0 Å². The van der Waals surface area contributed by atoms with Gasteiger partial charge in [0.05, 0.1) is 10.5 Å². The second kappa shape index (κ2) is 5.97. The normalized spacial score (nSPS) is 10.2. The van der Waals surface area contributed by atoms with Crippen LogP contribution >= 0.6 is 27.7 Å². The molecule has 0 spiro atoms. The summed E-state index contributed by atoms with van der Waals surface area (Å²) in [6.07, 6.45) is 2.76. The van der Waals surface area contributed by atoms with Gasteiger partial charge in [0, 0.05) is 22.9 Å². The van der Waals surface area contributed by atoms with Gasteiger partial charge in [-0.1, -0.05) is 0 Å². The molecule has 2 heterocycles. The maximum Gasteiger partial charge on any atom is 0.335 e. The van der Waals surface area contributed by atoms with E-state index < -0.39 is 10.9 Å². The molecule has 2 rings (SSSR count). The lowest BCUT2D eigenvalue weighted by atomic mass is 10.3. The molecule has 1 N–H and O–H groups in total. The number of pyridine rings is 2. The highest BCUT2D eigenvalue weighted by Gasteiger charge is 2.18. The molecule has 9 heteroatoms. The van der Waals surface area contributed by atoms with Crippen molar-refractivity contribution < 1.29 is 14.8 Å². The van der Waals surface area contributed by atoms with E-state index >= 15 is 0 Å².